The molecular weight excluding hydrogens is 490 g/mol. The van der Waals surface area contributed by atoms with Gasteiger partial charge in [-0.2, -0.15) is 0 Å². The van der Waals surface area contributed by atoms with Gasteiger partial charge in [-0.15, -0.1) is 4.83 Å². The number of hydrogen-bond donors (Lipinski definition) is 4. The van der Waals surface area contributed by atoms with Gasteiger partial charge in [0.15, 0.2) is 5.75 Å². The van der Waals surface area contributed by atoms with Crippen molar-refractivity contribution in [2.45, 2.75) is 30.0 Å². The van der Waals surface area contributed by atoms with Crippen molar-refractivity contribution in [2.75, 3.05) is 13.1 Å². The first-order chi connectivity index (χ1) is 14.4. The molecule has 0 spiro atoms. The average molecular weight is 511 g/mol. The molecular formula is C18H21Cl2N2O7PS. The molecule has 0 atom stereocenters. The van der Waals surface area contributed by atoms with Crippen LogP contribution >= 0.6 is 30.8 Å². The van der Waals surface area contributed by atoms with Gasteiger partial charge >= 0.3 is 7.60 Å². The number of nitrogens with zero attached hydrogens (tertiary/aromatic N) is 1. The molecule has 0 saturated carbocycles. The van der Waals surface area contributed by atoms with Crippen LogP contribution in [-0.2, 0) is 20.8 Å². The van der Waals surface area contributed by atoms with Gasteiger partial charge in [0.1, 0.15) is 5.75 Å². The van der Waals surface area contributed by atoms with E-state index in [0.717, 1.165) is 0 Å². The molecule has 1 heterocycles. The Balaban J connectivity index is 1.71. The zero-order valence-electron chi connectivity index (χ0n) is 16.1. The van der Waals surface area contributed by atoms with Crippen molar-refractivity contribution in [2.24, 2.45) is 0 Å². The van der Waals surface area contributed by atoms with Crippen LogP contribution in [0.4, 0.5) is 0 Å². The molecule has 31 heavy (non-hydrogen) atoms. The summed E-state index contributed by atoms with van der Waals surface area (Å²) in [5, 5.41) is 11.2. The van der Waals surface area contributed by atoms with E-state index in [0.29, 0.717) is 25.9 Å². The molecule has 0 aromatic heterocycles. The first-order valence-corrected chi connectivity index (χ1v) is 13.2. The number of sulfonamides is 1. The van der Waals surface area contributed by atoms with Gasteiger partial charge in [0.2, 0.25) is 0 Å². The van der Waals surface area contributed by atoms with Crippen molar-refractivity contribution < 1.29 is 32.6 Å². The third kappa shape index (κ3) is 6.89. The van der Waals surface area contributed by atoms with Crippen LogP contribution in [0.25, 0.3) is 0 Å². The van der Waals surface area contributed by atoms with Gasteiger partial charge in [0.25, 0.3) is 10.0 Å². The molecule has 9 nitrogen and oxygen atoms in total. The van der Waals surface area contributed by atoms with E-state index in [1.165, 1.54) is 36.4 Å². The summed E-state index contributed by atoms with van der Waals surface area (Å²) in [6.07, 6.45) is 0.0529. The fourth-order valence-electron chi connectivity index (χ4n) is 3.02. The zero-order chi connectivity index (χ0) is 22.8. The second kappa shape index (κ2) is 9.74. The van der Waals surface area contributed by atoms with E-state index in [4.69, 9.17) is 37.7 Å². The van der Waals surface area contributed by atoms with Gasteiger partial charge in [-0.1, -0.05) is 23.2 Å². The molecule has 4 N–H and O–H groups in total. The van der Waals surface area contributed by atoms with Crippen LogP contribution in [0.3, 0.4) is 0 Å². The van der Waals surface area contributed by atoms with Gasteiger partial charge in [-0.25, -0.2) is 13.4 Å². The van der Waals surface area contributed by atoms with Gasteiger partial charge in [0.05, 0.1) is 27.2 Å². The summed E-state index contributed by atoms with van der Waals surface area (Å²) in [6.45, 7) is 0.827. The van der Waals surface area contributed by atoms with Crippen LogP contribution < -0.4 is 9.57 Å². The number of hydrogen-bond acceptors (Lipinski definition) is 6. The van der Waals surface area contributed by atoms with Gasteiger partial charge in [0, 0.05) is 13.1 Å². The number of nitrogens with one attached hydrogen (secondary N) is 1. The lowest BCUT2D eigenvalue weighted by molar-refractivity contribution is 0.0723. The Morgan fingerprint density at radius 3 is 2.16 bits per heavy atom. The highest BCUT2D eigenvalue weighted by atomic mass is 35.5. The van der Waals surface area contributed by atoms with Gasteiger partial charge in [-0.05, 0) is 54.8 Å². The van der Waals surface area contributed by atoms with E-state index in [9.17, 15) is 18.1 Å². The van der Waals surface area contributed by atoms with Crippen LogP contribution in [0.1, 0.15) is 18.4 Å². The largest absolute Gasteiger partial charge is 0.454 e. The highest BCUT2D eigenvalue weighted by Gasteiger charge is 2.23. The molecule has 170 valence electrons. The summed E-state index contributed by atoms with van der Waals surface area (Å²) >= 11 is 12.3. The minimum absolute atomic E-state index is 0.0279. The third-order valence-electron chi connectivity index (χ3n) is 4.51. The third-order valence-corrected chi connectivity index (χ3v) is 7.24. The van der Waals surface area contributed by atoms with Crippen LogP contribution in [-0.4, -0.2) is 47.5 Å². The van der Waals surface area contributed by atoms with Crippen molar-refractivity contribution in [1.29, 1.82) is 0 Å². The second-order valence-corrected chi connectivity index (χ2v) is 11.2. The van der Waals surface area contributed by atoms with Gasteiger partial charge in [-0.3, -0.25) is 4.57 Å². The molecule has 2 aromatic carbocycles. The summed E-state index contributed by atoms with van der Waals surface area (Å²) < 4.78 is 41.9. The molecule has 0 aliphatic carbocycles. The van der Waals surface area contributed by atoms with Crippen LogP contribution in [0.5, 0.6) is 11.5 Å². The first-order valence-electron chi connectivity index (χ1n) is 9.19. The van der Waals surface area contributed by atoms with Crippen LogP contribution in [0.2, 0.25) is 10.0 Å². The summed E-state index contributed by atoms with van der Waals surface area (Å²) in [6, 6.07) is 8.29. The fraction of sp³-hybridized carbons (Fsp3) is 0.333. The smallest absolute Gasteiger partial charge is 0.329 e. The Hall–Kier alpha value is -1.20. The maximum atomic E-state index is 12.5. The highest BCUT2D eigenvalue weighted by molar-refractivity contribution is 7.89. The van der Waals surface area contributed by atoms with E-state index < -0.39 is 29.9 Å². The molecule has 0 amide bonds. The first kappa shape index (κ1) is 24.4. The predicted octanol–water partition coefficient (Wildman–Crippen LogP) is 3.11. The van der Waals surface area contributed by atoms with E-state index in [1.54, 1.807) is 5.01 Å². The lowest BCUT2D eigenvalue weighted by Crippen LogP contribution is -2.47. The minimum Gasteiger partial charge on any atom is -0.454 e. The van der Waals surface area contributed by atoms with Crippen LogP contribution in [0.15, 0.2) is 41.3 Å². The SMILES string of the molecule is O=P(O)(O)Cc1cc(Cl)c(Oc2ccc(S(=O)(=O)NN3CCC(O)CC3)cc2)c(Cl)c1. The maximum absolute atomic E-state index is 12.5. The number of rotatable bonds is 7. The number of piperidine rings is 1. The quantitative estimate of drug-likeness (QED) is 0.417. The van der Waals surface area contributed by atoms with Crippen molar-refractivity contribution in [3.05, 3.63) is 52.0 Å². The molecule has 0 bridgehead atoms. The van der Waals surface area contributed by atoms with E-state index in [2.05, 4.69) is 4.83 Å². The number of aliphatic hydroxyl groups excluding tert-OH is 1. The molecule has 2 aromatic rings. The van der Waals surface area contributed by atoms with Crippen molar-refractivity contribution >= 4 is 40.8 Å². The van der Waals surface area contributed by atoms with Crippen LogP contribution in [0, 0.1) is 0 Å². The molecule has 1 saturated heterocycles. The molecule has 1 aliphatic rings. The van der Waals surface area contributed by atoms with E-state index >= 15 is 0 Å². The number of benzene rings is 2. The fourth-order valence-corrected chi connectivity index (χ4v) is 5.41. The lowest BCUT2D eigenvalue weighted by Gasteiger charge is -2.29. The molecule has 1 fully saturated rings. The zero-order valence-corrected chi connectivity index (χ0v) is 19.3. The highest BCUT2D eigenvalue weighted by Crippen LogP contribution is 2.43. The number of halogens is 2. The summed E-state index contributed by atoms with van der Waals surface area (Å²) in [5.41, 5.74) is 0.258. The Bertz CT molecular complexity index is 1060. The Morgan fingerprint density at radius 2 is 1.65 bits per heavy atom. The molecule has 0 unspecified atom stereocenters. The number of hydrazine groups is 1. The average Bonchev–Trinajstić information content (AvgIpc) is 2.65. The standard InChI is InChI=1S/C18H21Cl2N2O7PS/c19-16-9-12(11-30(24,25)26)10-17(20)18(16)29-14-1-3-15(4-2-14)31(27,28)21-22-7-5-13(23)6-8-22/h1-4,9-10,13,21,23H,5-8,11H2,(H2,24,25,26). The Morgan fingerprint density at radius 1 is 1.10 bits per heavy atom. The number of ether oxygens (including phenoxy) is 1. The van der Waals surface area contributed by atoms with Crippen molar-refractivity contribution in [1.82, 2.24) is 9.84 Å². The molecule has 13 heteroatoms. The monoisotopic (exact) mass is 510 g/mol. The molecule has 3 rings (SSSR count). The second-order valence-electron chi connectivity index (χ2n) is 7.10. The van der Waals surface area contributed by atoms with Gasteiger partial charge < -0.3 is 19.6 Å². The summed E-state index contributed by atoms with van der Waals surface area (Å²) in [5.74, 6) is 0.352. The predicted molar refractivity (Wildman–Crippen MR) is 116 cm³/mol. The summed E-state index contributed by atoms with van der Waals surface area (Å²) in [4.78, 5) is 20.7. The molecule has 0 radical (unpaired) electrons. The van der Waals surface area contributed by atoms with Crippen molar-refractivity contribution in [3.8, 4) is 11.5 Å². The van der Waals surface area contributed by atoms with E-state index in [1.807, 2.05) is 0 Å². The molecule has 1 aliphatic heterocycles. The lowest BCUT2D eigenvalue weighted by atomic mass is 10.1. The Kier molecular flexibility index (Phi) is 7.68. The number of aliphatic hydroxyl groups is 1. The summed E-state index contributed by atoms with van der Waals surface area (Å²) in [7, 11) is -8.08. The van der Waals surface area contributed by atoms with Crippen molar-refractivity contribution in [3.63, 3.8) is 0 Å². The Labute approximate surface area is 189 Å². The normalized spacial score (nSPS) is 16.4. The topological polar surface area (TPSA) is 136 Å². The van der Waals surface area contributed by atoms with E-state index in [-0.39, 0.29) is 32.0 Å². The maximum Gasteiger partial charge on any atom is 0.329 e. The minimum atomic E-state index is -4.28.